The zero-order valence-electron chi connectivity index (χ0n) is 37.4. The first kappa shape index (κ1) is 46.7. The lowest BCUT2D eigenvalue weighted by atomic mass is 10.0. The van der Waals surface area contributed by atoms with Crippen LogP contribution in [0.2, 0.25) is 5.02 Å². The van der Waals surface area contributed by atoms with Gasteiger partial charge in [0.25, 0.3) is 5.91 Å². The highest BCUT2D eigenvalue weighted by Gasteiger charge is 2.39. The highest BCUT2D eigenvalue weighted by molar-refractivity contribution is 7.62. The van der Waals surface area contributed by atoms with Crippen LogP contribution in [0.5, 0.6) is 5.75 Å². The number of anilines is 6. The van der Waals surface area contributed by atoms with E-state index < -0.39 is 19.5 Å². The normalized spacial score (nSPS) is 18.3. The third-order valence-corrected chi connectivity index (χ3v) is 15.0. The lowest BCUT2D eigenvalue weighted by Crippen LogP contribution is -2.54. The summed E-state index contributed by atoms with van der Waals surface area (Å²) in [6, 6.07) is 18.4. The molecular weight excluding hydrogens is 887 g/mol. The van der Waals surface area contributed by atoms with Gasteiger partial charge in [-0.2, -0.15) is 4.98 Å². The Morgan fingerprint density at radius 2 is 1.67 bits per heavy atom. The summed E-state index contributed by atoms with van der Waals surface area (Å²) >= 11 is 6.49. The van der Waals surface area contributed by atoms with Gasteiger partial charge in [0.2, 0.25) is 23.7 Å². The van der Waals surface area contributed by atoms with E-state index in [1.54, 1.807) is 42.3 Å². The number of fused-ring (bicyclic) bond motifs is 1. The van der Waals surface area contributed by atoms with Gasteiger partial charge < -0.3 is 44.4 Å². The number of piperidine rings is 2. The second-order valence-corrected chi connectivity index (χ2v) is 19.3. The number of nitrogens with one attached hydrogen (secondary N) is 4. The first-order valence-electron chi connectivity index (χ1n) is 22.3. The second-order valence-electron chi connectivity index (χ2n) is 16.7. The molecule has 18 nitrogen and oxygen atoms in total. The summed E-state index contributed by atoms with van der Waals surface area (Å²) in [4.78, 5) is 67.6. The molecule has 4 aliphatic rings. The summed E-state index contributed by atoms with van der Waals surface area (Å²) in [7, 11) is 0.712. The smallest absolute Gasteiger partial charge is 0.362 e. The number of carbonyl (C=O) groups excluding carboxylic acids is 4. The maximum absolute atomic E-state index is 13.2. The Hall–Kier alpha value is -5.78. The number of halogens is 1. The van der Waals surface area contributed by atoms with E-state index in [-0.39, 0.29) is 35.1 Å². The number of imide groups is 1. The number of methoxy groups -OCH3 is 1. The van der Waals surface area contributed by atoms with Gasteiger partial charge in [0.1, 0.15) is 16.8 Å². The van der Waals surface area contributed by atoms with Crippen LogP contribution in [-0.4, -0.2) is 128 Å². The van der Waals surface area contributed by atoms with Crippen molar-refractivity contribution in [2.75, 3.05) is 88.0 Å². The number of aromatic nitrogens is 2. The monoisotopic (exact) mass is 942 g/mol. The lowest BCUT2D eigenvalue weighted by molar-refractivity contribution is -0.137. The molecular formula is C46H56ClN10O8P. The van der Waals surface area contributed by atoms with Crippen molar-refractivity contribution in [1.82, 2.24) is 30.0 Å². The molecule has 1 atom stereocenters. The number of benzene rings is 3. The Kier molecular flexibility index (Phi) is 14.7. The van der Waals surface area contributed by atoms with Gasteiger partial charge in [0.15, 0.2) is 5.82 Å². The molecule has 66 heavy (non-hydrogen) atoms. The van der Waals surface area contributed by atoms with Gasteiger partial charge in [-0.1, -0.05) is 23.7 Å². The molecule has 0 bridgehead atoms. The quantitative estimate of drug-likeness (QED) is 0.0555. The molecule has 0 saturated carbocycles. The topological polar surface area (TPSA) is 200 Å². The average Bonchev–Trinajstić information content (AvgIpc) is 3.66. The van der Waals surface area contributed by atoms with Crippen LogP contribution in [0.4, 0.5) is 34.5 Å². The summed E-state index contributed by atoms with van der Waals surface area (Å²) in [6.45, 7) is 6.03. The molecule has 20 heteroatoms. The van der Waals surface area contributed by atoms with Crippen molar-refractivity contribution >= 4 is 82.6 Å². The van der Waals surface area contributed by atoms with Gasteiger partial charge in [0.05, 0.1) is 30.0 Å². The van der Waals surface area contributed by atoms with Crippen molar-refractivity contribution in [3.8, 4) is 5.75 Å². The van der Waals surface area contributed by atoms with Crippen molar-refractivity contribution in [1.29, 1.82) is 0 Å². The van der Waals surface area contributed by atoms with E-state index in [2.05, 4.69) is 47.1 Å². The molecule has 4 N–H and O–H groups in total. The Labute approximate surface area is 389 Å². The minimum absolute atomic E-state index is 0.186. The van der Waals surface area contributed by atoms with Crippen LogP contribution in [0.1, 0.15) is 60.9 Å². The van der Waals surface area contributed by atoms with E-state index >= 15 is 0 Å². The maximum atomic E-state index is 13.2. The van der Waals surface area contributed by atoms with Crippen molar-refractivity contribution < 1.29 is 37.5 Å². The number of amides is 4. The standard InChI is InChI=1S/C46H56ClN10O8P/c1-63-39-27-33(12-14-36(39)51-46-49-28-35(47)43(53-46)50-37-8-4-5-9-40(37)66(62,64-2)65-3)54-20-17-32(18-21-54)55-22-24-56(25-23-55)42(59)10-6-7-19-48-31-11-13-34-30(26-31)29-57(45(34)61)38-15-16-41(58)52-44(38)60/h4-5,8-9,11-14,26-28,32,38,48H,6-7,10,15-25,29H2,1-3H3,(H,52,58,60)(H2,49,50,51,53). The summed E-state index contributed by atoms with van der Waals surface area (Å²) in [5.41, 5.74) is 4.54. The fourth-order valence-electron chi connectivity index (χ4n) is 9.13. The van der Waals surface area contributed by atoms with E-state index in [4.69, 9.17) is 25.4 Å². The first-order chi connectivity index (χ1) is 32.0. The number of ether oxygens (including phenoxy) is 1. The van der Waals surface area contributed by atoms with Crippen LogP contribution in [-0.2, 0) is 34.5 Å². The number of nitrogens with zero attached hydrogens (tertiary/aromatic N) is 6. The zero-order valence-corrected chi connectivity index (χ0v) is 39.0. The molecule has 3 fully saturated rings. The Bertz CT molecular complexity index is 2490. The zero-order chi connectivity index (χ0) is 46.4. The number of carbonyl (C=O) groups is 4. The minimum atomic E-state index is -3.57. The fraction of sp³-hybridized carbons (Fsp3) is 0.435. The Morgan fingerprint density at radius 1 is 0.894 bits per heavy atom. The first-order valence-corrected chi connectivity index (χ1v) is 24.2. The molecule has 4 aromatic rings. The Balaban J connectivity index is 0.755. The summed E-state index contributed by atoms with van der Waals surface area (Å²) in [6.07, 6.45) is 6.19. The van der Waals surface area contributed by atoms with E-state index in [0.717, 1.165) is 81.9 Å². The van der Waals surface area contributed by atoms with Gasteiger partial charge >= 0.3 is 7.60 Å². The van der Waals surface area contributed by atoms with Crippen molar-refractivity contribution in [2.24, 2.45) is 0 Å². The number of unbranched alkanes of at least 4 members (excludes halogenated alkanes) is 1. The average molecular weight is 943 g/mol. The van der Waals surface area contributed by atoms with E-state index in [1.807, 2.05) is 29.2 Å². The number of piperazine rings is 1. The lowest BCUT2D eigenvalue weighted by Gasteiger charge is -2.43. The molecule has 350 valence electrons. The summed E-state index contributed by atoms with van der Waals surface area (Å²) < 4.78 is 29.4. The third-order valence-electron chi connectivity index (χ3n) is 12.8. The predicted molar refractivity (Wildman–Crippen MR) is 253 cm³/mol. The summed E-state index contributed by atoms with van der Waals surface area (Å²) in [5.74, 6) is 0.500. The molecule has 0 spiro atoms. The predicted octanol–water partition coefficient (Wildman–Crippen LogP) is 5.89. The highest BCUT2D eigenvalue weighted by Crippen LogP contribution is 2.47. The molecule has 4 amide bonds. The maximum Gasteiger partial charge on any atom is 0.362 e. The van der Waals surface area contributed by atoms with Gasteiger partial charge in [-0.05, 0) is 80.1 Å². The van der Waals surface area contributed by atoms with Crippen molar-refractivity contribution in [3.05, 3.63) is 83.0 Å². The number of para-hydroxylation sites is 1. The highest BCUT2D eigenvalue weighted by atomic mass is 35.5. The van der Waals surface area contributed by atoms with Crippen LogP contribution >= 0.6 is 19.2 Å². The molecule has 5 heterocycles. The van der Waals surface area contributed by atoms with Crippen LogP contribution in [0.25, 0.3) is 0 Å². The molecule has 1 unspecified atom stereocenters. The number of rotatable bonds is 17. The van der Waals surface area contributed by atoms with Crippen LogP contribution < -0.4 is 36.2 Å². The van der Waals surface area contributed by atoms with Crippen LogP contribution in [0.15, 0.2) is 66.9 Å². The molecule has 0 radical (unpaired) electrons. The number of hydrogen-bond acceptors (Lipinski definition) is 15. The van der Waals surface area contributed by atoms with Gasteiger partial charge in [-0.25, -0.2) is 4.98 Å². The summed E-state index contributed by atoms with van der Waals surface area (Å²) in [5, 5.41) is 12.8. The molecule has 1 aromatic heterocycles. The van der Waals surface area contributed by atoms with Crippen LogP contribution in [0.3, 0.4) is 0 Å². The van der Waals surface area contributed by atoms with Gasteiger partial charge in [-0.3, -0.25) is 34.0 Å². The molecule has 3 saturated heterocycles. The van der Waals surface area contributed by atoms with Crippen molar-refractivity contribution in [2.45, 2.75) is 63.6 Å². The van der Waals surface area contributed by atoms with Crippen LogP contribution in [0, 0.1) is 0 Å². The van der Waals surface area contributed by atoms with Crippen molar-refractivity contribution in [3.63, 3.8) is 0 Å². The molecule has 8 rings (SSSR count). The third kappa shape index (κ3) is 10.4. The van der Waals surface area contributed by atoms with E-state index in [1.165, 1.54) is 20.4 Å². The molecule has 0 aliphatic carbocycles. The molecule has 4 aliphatic heterocycles. The largest absolute Gasteiger partial charge is 0.494 e. The van der Waals surface area contributed by atoms with E-state index in [9.17, 15) is 23.7 Å². The SMILES string of the molecule is COc1cc(N2CCC(N3CCN(C(=O)CCCCNc4ccc5c(c4)CN(C4CCC(=O)NC4=O)C5=O)CC3)CC2)ccc1Nc1ncc(Cl)c(Nc2ccccc2P(=O)(OC)OC)n1. The Morgan fingerprint density at radius 3 is 2.41 bits per heavy atom. The number of hydrogen-bond donors (Lipinski definition) is 4. The van der Waals surface area contributed by atoms with Gasteiger partial charge in [0, 0.05) is 108 Å². The second kappa shape index (κ2) is 20.8. The van der Waals surface area contributed by atoms with E-state index in [0.29, 0.717) is 65.8 Å². The molecule has 3 aromatic carbocycles. The minimum Gasteiger partial charge on any atom is -0.494 e. The fourth-order valence-corrected chi connectivity index (χ4v) is 10.5. The van der Waals surface area contributed by atoms with Gasteiger partial charge in [-0.15, -0.1) is 0 Å².